The third-order valence-electron chi connectivity index (χ3n) is 3.10. The number of carbonyl (C=O) groups excluding carboxylic acids is 1. The molecule has 6 heteroatoms. The molecule has 0 bridgehead atoms. The van der Waals surface area contributed by atoms with Crippen LogP contribution in [0.15, 0.2) is 24.3 Å². The SMILES string of the molecule is N#C/C(=C/C(=O)N1CCNCC1)c1ccc(O)c(O)c1. The van der Waals surface area contributed by atoms with E-state index in [1.165, 1.54) is 24.3 Å². The van der Waals surface area contributed by atoms with Gasteiger partial charge in [0.15, 0.2) is 11.5 Å². The Balaban J connectivity index is 2.22. The average Bonchev–Trinajstić information content (AvgIpc) is 2.48. The van der Waals surface area contributed by atoms with Crippen LogP contribution in [0.25, 0.3) is 5.57 Å². The molecule has 1 aromatic rings. The van der Waals surface area contributed by atoms with Crippen molar-refractivity contribution in [2.75, 3.05) is 26.2 Å². The Hall–Kier alpha value is -2.52. The van der Waals surface area contributed by atoms with Gasteiger partial charge in [-0.2, -0.15) is 5.26 Å². The van der Waals surface area contributed by atoms with Gasteiger partial charge in [0, 0.05) is 32.3 Å². The molecule has 0 aliphatic carbocycles. The van der Waals surface area contributed by atoms with Crippen LogP contribution in [0.1, 0.15) is 5.56 Å². The summed E-state index contributed by atoms with van der Waals surface area (Å²) >= 11 is 0. The molecular formula is C14H15N3O3. The minimum atomic E-state index is -0.321. The van der Waals surface area contributed by atoms with Crippen molar-refractivity contribution >= 4 is 11.5 Å². The summed E-state index contributed by atoms with van der Waals surface area (Å²) in [5.74, 6) is -0.812. The van der Waals surface area contributed by atoms with Gasteiger partial charge in [0.25, 0.3) is 0 Å². The molecule has 6 nitrogen and oxygen atoms in total. The fraction of sp³-hybridized carbons (Fsp3) is 0.286. The molecule has 1 aliphatic heterocycles. The Kier molecular flexibility index (Phi) is 4.23. The van der Waals surface area contributed by atoms with E-state index in [1.807, 2.05) is 6.07 Å². The fourth-order valence-corrected chi connectivity index (χ4v) is 1.97. The van der Waals surface area contributed by atoms with Crippen LogP contribution in [0.5, 0.6) is 11.5 Å². The van der Waals surface area contributed by atoms with Crippen LogP contribution in [0.3, 0.4) is 0 Å². The number of amides is 1. The molecule has 3 N–H and O–H groups in total. The highest BCUT2D eigenvalue weighted by molar-refractivity contribution is 5.98. The second-order valence-electron chi connectivity index (χ2n) is 4.45. The maximum atomic E-state index is 12.1. The van der Waals surface area contributed by atoms with Crippen molar-refractivity contribution in [3.05, 3.63) is 29.8 Å². The number of phenolic OH excluding ortho intramolecular Hbond substituents is 2. The minimum Gasteiger partial charge on any atom is -0.504 e. The van der Waals surface area contributed by atoms with Crippen molar-refractivity contribution in [1.29, 1.82) is 5.26 Å². The van der Waals surface area contributed by atoms with Crippen molar-refractivity contribution in [3.63, 3.8) is 0 Å². The van der Waals surface area contributed by atoms with Gasteiger partial charge in [0.1, 0.15) is 0 Å². The van der Waals surface area contributed by atoms with Crippen molar-refractivity contribution in [1.82, 2.24) is 10.2 Å². The molecule has 1 saturated heterocycles. The summed E-state index contributed by atoms with van der Waals surface area (Å²) in [6.45, 7) is 2.69. The summed E-state index contributed by atoms with van der Waals surface area (Å²) in [7, 11) is 0. The predicted molar refractivity (Wildman–Crippen MR) is 72.8 cm³/mol. The van der Waals surface area contributed by atoms with Gasteiger partial charge < -0.3 is 20.4 Å². The molecule has 1 fully saturated rings. The molecule has 1 heterocycles. The van der Waals surface area contributed by atoms with Crippen LogP contribution in [-0.4, -0.2) is 47.2 Å². The smallest absolute Gasteiger partial charge is 0.247 e. The van der Waals surface area contributed by atoms with E-state index >= 15 is 0 Å². The van der Waals surface area contributed by atoms with E-state index < -0.39 is 0 Å². The van der Waals surface area contributed by atoms with Gasteiger partial charge in [-0.3, -0.25) is 4.79 Å². The highest BCUT2D eigenvalue weighted by Gasteiger charge is 2.15. The molecule has 1 amide bonds. The minimum absolute atomic E-state index is 0.156. The summed E-state index contributed by atoms with van der Waals surface area (Å²) < 4.78 is 0. The van der Waals surface area contributed by atoms with Crippen LogP contribution >= 0.6 is 0 Å². The first kappa shape index (κ1) is 13.9. The monoisotopic (exact) mass is 273 g/mol. The molecule has 0 atom stereocenters. The van der Waals surface area contributed by atoms with Gasteiger partial charge in [-0.25, -0.2) is 0 Å². The number of benzene rings is 1. The summed E-state index contributed by atoms with van der Waals surface area (Å²) in [5.41, 5.74) is 0.551. The number of aromatic hydroxyl groups is 2. The quantitative estimate of drug-likeness (QED) is 0.412. The number of nitrogens with one attached hydrogen (secondary N) is 1. The second kappa shape index (κ2) is 6.08. The lowest BCUT2D eigenvalue weighted by molar-refractivity contribution is -0.126. The first-order valence-electron chi connectivity index (χ1n) is 6.25. The first-order chi connectivity index (χ1) is 9.61. The molecule has 0 unspecified atom stereocenters. The topological polar surface area (TPSA) is 96.6 Å². The fourth-order valence-electron chi connectivity index (χ4n) is 1.97. The zero-order valence-electron chi connectivity index (χ0n) is 10.8. The average molecular weight is 273 g/mol. The van der Waals surface area contributed by atoms with Gasteiger partial charge in [-0.1, -0.05) is 0 Å². The van der Waals surface area contributed by atoms with E-state index in [-0.39, 0.29) is 23.0 Å². The highest BCUT2D eigenvalue weighted by Crippen LogP contribution is 2.28. The Morgan fingerprint density at radius 3 is 2.60 bits per heavy atom. The number of rotatable bonds is 2. The van der Waals surface area contributed by atoms with Gasteiger partial charge in [0.05, 0.1) is 11.6 Å². The van der Waals surface area contributed by atoms with E-state index in [0.717, 1.165) is 13.1 Å². The third kappa shape index (κ3) is 3.08. The van der Waals surface area contributed by atoms with Gasteiger partial charge in [-0.05, 0) is 23.8 Å². The Morgan fingerprint density at radius 1 is 1.30 bits per heavy atom. The Labute approximate surface area is 116 Å². The molecule has 0 radical (unpaired) electrons. The number of nitriles is 1. The molecule has 1 aliphatic rings. The molecule has 1 aromatic carbocycles. The molecule has 0 aromatic heterocycles. The Morgan fingerprint density at radius 2 is 2.00 bits per heavy atom. The standard InChI is InChI=1S/C14H15N3O3/c15-9-11(10-1-2-12(18)13(19)7-10)8-14(20)17-5-3-16-4-6-17/h1-2,7-8,16,18-19H,3-6H2/b11-8-. The second-order valence-corrected chi connectivity index (χ2v) is 4.45. The van der Waals surface area contributed by atoms with E-state index in [9.17, 15) is 15.0 Å². The van der Waals surface area contributed by atoms with Crippen LogP contribution in [0.4, 0.5) is 0 Å². The zero-order valence-corrected chi connectivity index (χ0v) is 10.8. The molecule has 20 heavy (non-hydrogen) atoms. The number of phenols is 2. The number of hydrogen-bond donors (Lipinski definition) is 3. The van der Waals surface area contributed by atoms with Crippen LogP contribution in [-0.2, 0) is 4.79 Å². The van der Waals surface area contributed by atoms with Gasteiger partial charge in [-0.15, -0.1) is 0 Å². The number of nitrogens with zero attached hydrogens (tertiary/aromatic N) is 2. The van der Waals surface area contributed by atoms with Crippen LogP contribution < -0.4 is 5.32 Å². The molecule has 0 saturated carbocycles. The predicted octanol–water partition coefficient (Wildman–Crippen LogP) is 0.437. The van der Waals surface area contributed by atoms with Crippen molar-refractivity contribution in [3.8, 4) is 17.6 Å². The summed E-state index contributed by atoms with van der Waals surface area (Å²) in [5, 5.41) is 31.0. The molecule has 2 rings (SSSR count). The number of carbonyl (C=O) groups is 1. The van der Waals surface area contributed by atoms with Crippen LogP contribution in [0.2, 0.25) is 0 Å². The van der Waals surface area contributed by atoms with E-state index in [4.69, 9.17) is 5.26 Å². The van der Waals surface area contributed by atoms with Crippen molar-refractivity contribution < 1.29 is 15.0 Å². The maximum Gasteiger partial charge on any atom is 0.247 e. The first-order valence-corrected chi connectivity index (χ1v) is 6.25. The largest absolute Gasteiger partial charge is 0.504 e. The van der Waals surface area contributed by atoms with Crippen molar-refractivity contribution in [2.45, 2.75) is 0 Å². The van der Waals surface area contributed by atoms with Crippen molar-refractivity contribution in [2.24, 2.45) is 0 Å². The third-order valence-corrected chi connectivity index (χ3v) is 3.10. The Bertz CT molecular complexity index is 584. The van der Waals surface area contributed by atoms with E-state index in [0.29, 0.717) is 18.7 Å². The number of allylic oxidation sites excluding steroid dienone is 1. The molecule has 0 spiro atoms. The lowest BCUT2D eigenvalue weighted by atomic mass is 10.1. The number of piperazine rings is 1. The lowest BCUT2D eigenvalue weighted by Gasteiger charge is -2.26. The highest BCUT2D eigenvalue weighted by atomic mass is 16.3. The normalized spacial score (nSPS) is 15.8. The summed E-state index contributed by atoms with van der Waals surface area (Å²) in [4.78, 5) is 13.7. The van der Waals surface area contributed by atoms with Gasteiger partial charge in [0.2, 0.25) is 5.91 Å². The van der Waals surface area contributed by atoms with E-state index in [2.05, 4.69) is 5.32 Å². The van der Waals surface area contributed by atoms with Crippen LogP contribution in [0, 0.1) is 11.3 Å². The molecular weight excluding hydrogens is 258 g/mol. The summed E-state index contributed by atoms with van der Waals surface area (Å²) in [6, 6.07) is 5.96. The number of hydrogen-bond acceptors (Lipinski definition) is 5. The van der Waals surface area contributed by atoms with Gasteiger partial charge >= 0.3 is 0 Å². The maximum absolute atomic E-state index is 12.1. The lowest BCUT2D eigenvalue weighted by Crippen LogP contribution is -2.45. The molecule has 104 valence electrons. The summed E-state index contributed by atoms with van der Waals surface area (Å²) in [6.07, 6.45) is 1.26. The van der Waals surface area contributed by atoms with E-state index in [1.54, 1.807) is 4.90 Å². The zero-order chi connectivity index (χ0) is 14.5.